The summed E-state index contributed by atoms with van der Waals surface area (Å²) in [4.78, 5) is 13.2. The van der Waals surface area contributed by atoms with Crippen LogP contribution >= 0.6 is 0 Å². The quantitative estimate of drug-likeness (QED) is 0.775. The van der Waals surface area contributed by atoms with E-state index in [1.165, 1.54) is 19.1 Å². The van der Waals surface area contributed by atoms with E-state index in [1.54, 1.807) is 11.0 Å². The second-order valence-electron chi connectivity index (χ2n) is 4.68. The average Bonchev–Trinajstić information content (AvgIpc) is 2.50. The highest BCUT2D eigenvalue weighted by molar-refractivity contribution is 7.91. The van der Waals surface area contributed by atoms with Crippen molar-refractivity contribution in [1.29, 1.82) is 0 Å². The molecule has 1 saturated heterocycles. The van der Waals surface area contributed by atoms with Crippen molar-refractivity contribution >= 4 is 21.3 Å². The Bertz CT molecular complexity index is 598. The van der Waals surface area contributed by atoms with Gasteiger partial charge >= 0.3 is 0 Å². The molecule has 0 aliphatic carbocycles. The van der Waals surface area contributed by atoms with E-state index in [1.807, 2.05) is 0 Å². The van der Waals surface area contributed by atoms with Gasteiger partial charge in [-0.05, 0) is 25.5 Å². The molecule has 1 aromatic rings. The Morgan fingerprint density at radius 2 is 2.00 bits per heavy atom. The van der Waals surface area contributed by atoms with Crippen LogP contribution in [0.4, 0.5) is 10.1 Å². The number of halogens is 1. The molecule has 0 N–H and O–H groups in total. The highest BCUT2D eigenvalue weighted by atomic mass is 32.2. The van der Waals surface area contributed by atoms with Crippen molar-refractivity contribution in [2.24, 2.45) is 0 Å². The molecule has 19 heavy (non-hydrogen) atoms. The first kappa shape index (κ1) is 14.0. The lowest BCUT2D eigenvalue weighted by atomic mass is 10.1. The largest absolute Gasteiger partial charge is 0.368 e. The fourth-order valence-corrected chi connectivity index (χ4v) is 3.55. The van der Waals surface area contributed by atoms with Gasteiger partial charge in [-0.2, -0.15) is 0 Å². The first-order valence-electron chi connectivity index (χ1n) is 6.15. The van der Waals surface area contributed by atoms with E-state index < -0.39 is 15.7 Å². The van der Waals surface area contributed by atoms with Crippen LogP contribution in [0.25, 0.3) is 0 Å². The number of rotatable bonds is 2. The van der Waals surface area contributed by atoms with Crippen LogP contribution < -0.4 is 4.90 Å². The Kier molecular flexibility index (Phi) is 3.89. The summed E-state index contributed by atoms with van der Waals surface area (Å²) in [6.07, 6.45) is 0.452. The molecule has 1 aliphatic heterocycles. The lowest BCUT2D eigenvalue weighted by Gasteiger charge is -2.24. The molecule has 0 atom stereocenters. The van der Waals surface area contributed by atoms with E-state index in [2.05, 4.69) is 0 Å². The molecule has 2 rings (SSSR count). The van der Waals surface area contributed by atoms with Gasteiger partial charge in [-0.3, -0.25) is 4.79 Å². The van der Waals surface area contributed by atoms with Crippen molar-refractivity contribution in [3.05, 3.63) is 29.6 Å². The number of hydrogen-bond acceptors (Lipinski definition) is 4. The van der Waals surface area contributed by atoms with Crippen LogP contribution in [-0.4, -0.2) is 38.8 Å². The number of anilines is 1. The van der Waals surface area contributed by atoms with Gasteiger partial charge in [-0.15, -0.1) is 0 Å². The predicted octanol–water partition coefficient (Wildman–Crippen LogP) is 1.65. The van der Waals surface area contributed by atoms with Gasteiger partial charge < -0.3 is 4.90 Å². The van der Waals surface area contributed by atoms with Crippen molar-refractivity contribution in [3.8, 4) is 0 Å². The Labute approximate surface area is 112 Å². The first-order chi connectivity index (χ1) is 8.91. The van der Waals surface area contributed by atoms with Crippen LogP contribution in [-0.2, 0) is 9.84 Å². The maximum absolute atomic E-state index is 14.0. The summed E-state index contributed by atoms with van der Waals surface area (Å²) in [5.74, 6) is -0.583. The summed E-state index contributed by atoms with van der Waals surface area (Å²) < 4.78 is 37.1. The Morgan fingerprint density at radius 1 is 1.26 bits per heavy atom. The summed E-state index contributed by atoms with van der Waals surface area (Å²) >= 11 is 0. The van der Waals surface area contributed by atoms with E-state index in [0.29, 0.717) is 18.5 Å². The minimum atomic E-state index is -3.06. The normalized spacial score (nSPS) is 18.9. The Hall–Kier alpha value is -1.43. The van der Waals surface area contributed by atoms with E-state index in [-0.39, 0.29) is 29.5 Å². The third-order valence-corrected chi connectivity index (χ3v) is 4.95. The minimum Gasteiger partial charge on any atom is -0.368 e. The summed E-state index contributed by atoms with van der Waals surface area (Å²) in [6.45, 7) is 2.05. The number of para-hydroxylation sites is 1. The van der Waals surface area contributed by atoms with Crippen molar-refractivity contribution in [2.75, 3.05) is 29.5 Å². The SMILES string of the molecule is CC(=O)c1cccc(F)c1N1CCCS(=O)(=O)CC1. The van der Waals surface area contributed by atoms with E-state index in [0.717, 1.165) is 0 Å². The molecule has 104 valence electrons. The zero-order valence-corrected chi connectivity index (χ0v) is 11.5. The van der Waals surface area contributed by atoms with Crippen LogP contribution in [0.15, 0.2) is 18.2 Å². The van der Waals surface area contributed by atoms with Crippen LogP contribution in [0.2, 0.25) is 0 Å². The molecule has 0 amide bonds. The second kappa shape index (κ2) is 5.28. The zero-order valence-electron chi connectivity index (χ0n) is 10.7. The summed E-state index contributed by atoms with van der Waals surface area (Å²) in [5.41, 5.74) is 0.534. The zero-order chi connectivity index (χ0) is 14.0. The molecule has 0 spiro atoms. The van der Waals surface area contributed by atoms with Crippen LogP contribution in [0.5, 0.6) is 0 Å². The third kappa shape index (κ3) is 3.12. The fraction of sp³-hybridized carbons (Fsp3) is 0.462. The molecule has 0 unspecified atom stereocenters. The monoisotopic (exact) mass is 285 g/mol. The maximum Gasteiger partial charge on any atom is 0.161 e. The Morgan fingerprint density at radius 3 is 2.68 bits per heavy atom. The highest BCUT2D eigenvalue weighted by Gasteiger charge is 2.24. The van der Waals surface area contributed by atoms with Crippen LogP contribution in [0, 0.1) is 5.82 Å². The topological polar surface area (TPSA) is 54.5 Å². The van der Waals surface area contributed by atoms with E-state index >= 15 is 0 Å². The maximum atomic E-state index is 14.0. The van der Waals surface area contributed by atoms with Crippen molar-refractivity contribution in [2.45, 2.75) is 13.3 Å². The number of nitrogens with zero attached hydrogens (tertiary/aromatic N) is 1. The molecule has 1 heterocycles. The van der Waals surface area contributed by atoms with Crippen molar-refractivity contribution < 1.29 is 17.6 Å². The van der Waals surface area contributed by atoms with Gasteiger partial charge in [0.1, 0.15) is 5.82 Å². The summed E-state index contributed by atoms with van der Waals surface area (Å²) in [6, 6.07) is 4.35. The molecule has 6 heteroatoms. The fourth-order valence-electron chi connectivity index (χ4n) is 2.28. The molecule has 1 aliphatic rings. The van der Waals surface area contributed by atoms with E-state index in [4.69, 9.17) is 0 Å². The number of benzene rings is 1. The summed E-state index contributed by atoms with van der Waals surface area (Å²) in [5, 5.41) is 0. The molecule has 0 bridgehead atoms. The minimum absolute atomic E-state index is 0.00131. The van der Waals surface area contributed by atoms with Gasteiger partial charge in [0.15, 0.2) is 15.6 Å². The van der Waals surface area contributed by atoms with Gasteiger partial charge in [-0.25, -0.2) is 12.8 Å². The molecular formula is C13H16FNO3S. The summed E-state index contributed by atoms with van der Waals surface area (Å²) in [7, 11) is -3.06. The lowest BCUT2D eigenvalue weighted by Crippen LogP contribution is -2.29. The highest BCUT2D eigenvalue weighted by Crippen LogP contribution is 2.26. The third-order valence-electron chi connectivity index (χ3n) is 3.24. The molecule has 0 radical (unpaired) electrons. The number of carbonyl (C=O) groups excluding carboxylic acids is 1. The molecular weight excluding hydrogens is 269 g/mol. The van der Waals surface area contributed by atoms with Gasteiger partial charge in [0.05, 0.1) is 17.2 Å². The Balaban J connectivity index is 2.39. The van der Waals surface area contributed by atoms with Crippen molar-refractivity contribution in [3.63, 3.8) is 0 Å². The van der Waals surface area contributed by atoms with E-state index in [9.17, 15) is 17.6 Å². The van der Waals surface area contributed by atoms with Gasteiger partial charge in [0.25, 0.3) is 0 Å². The van der Waals surface area contributed by atoms with Crippen LogP contribution in [0.3, 0.4) is 0 Å². The smallest absolute Gasteiger partial charge is 0.161 e. The number of hydrogen-bond donors (Lipinski definition) is 0. The lowest BCUT2D eigenvalue weighted by molar-refractivity contribution is 0.101. The molecule has 0 saturated carbocycles. The number of sulfone groups is 1. The second-order valence-corrected chi connectivity index (χ2v) is 6.99. The van der Waals surface area contributed by atoms with Crippen molar-refractivity contribution in [1.82, 2.24) is 0 Å². The molecule has 1 fully saturated rings. The van der Waals surface area contributed by atoms with Gasteiger partial charge in [0.2, 0.25) is 0 Å². The average molecular weight is 285 g/mol. The molecule has 4 nitrogen and oxygen atoms in total. The number of ketones is 1. The van der Waals surface area contributed by atoms with Crippen LogP contribution in [0.1, 0.15) is 23.7 Å². The molecule has 1 aromatic carbocycles. The number of Topliss-reactive ketones (excluding diaryl/α,β-unsaturated/α-hetero) is 1. The molecule has 0 aromatic heterocycles. The standard InChI is InChI=1S/C13H16FNO3S/c1-10(16)11-4-2-5-12(14)13(11)15-6-3-8-19(17,18)9-7-15/h2,4-5H,3,6-9H2,1H3. The first-order valence-corrected chi connectivity index (χ1v) is 7.98. The van der Waals surface area contributed by atoms with Gasteiger partial charge in [0, 0.05) is 18.7 Å². The predicted molar refractivity (Wildman–Crippen MR) is 71.9 cm³/mol. The van der Waals surface area contributed by atoms with Gasteiger partial charge in [-0.1, -0.05) is 6.07 Å². The number of carbonyl (C=O) groups is 1.